The van der Waals surface area contributed by atoms with Gasteiger partial charge in [-0.1, -0.05) is 30.7 Å². The number of ether oxygens (including phenoxy) is 1. The van der Waals surface area contributed by atoms with Crippen molar-refractivity contribution in [2.45, 2.75) is 56.6 Å². The van der Waals surface area contributed by atoms with Crippen molar-refractivity contribution in [2.24, 2.45) is 5.84 Å². The molecule has 2 atom stereocenters. The summed E-state index contributed by atoms with van der Waals surface area (Å²) in [6.45, 7) is 0.869. The molecule has 1 saturated heterocycles. The summed E-state index contributed by atoms with van der Waals surface area (Å²) in [7, 11) is 0. The van der Waals surface area contributed by atoms with E-state index in [1.807, 2.05) is 0 Å². The molecule has 1 aliphatic heterocycles. The lowest BCUT2D eigenvalue weighted by Gasteiger charge is -2.34. The quantitative estimate of drug-likeness (QED) is 0.646. The summed E-state index contributed by atoms with van der Waals surface area (Å²) < 4.78 is 5.93. The Kier molecular flexibility index (Phi) is 4.16. The van der Waals surface area contributed by atoms with Crippen LogP contribution in [-0.2, 0) is 4.74 Å². The topological polar surface area (TPSA) is 47.3 Å². The zero-order chi connectivity index (χ0) is 13.1. The second kappa shape index (κ2) is 6.04. The molecule has 19 heavy (non-hydrogen) atoms. The number of hydrogen-bond donors (Lipinski definition) is 2. The van der Waals surface area contributed by atoms with Crippen LogP contribution < -0.4 is 11.3 Å². The number of rotatable bonds is 4. The van der Waals surface area contributed by atoms with E-state index in [4.69, 9.17) is 10.6 Å². The molecule has 3 N–H and O–H groups in total. The Morgan fingerprint density at radius 3 is 2.58 bits per heavy atom. The smallest absolute Gasteiger partial charge is 0.0782 e. The van der Waals surface area contributed by atoms with Gasteiger partial charge in [-0.15, -0.1) is 0 Å². The Morgan fingerprint density at radius 2 is 1.95 bits per heavy atom. The van der Waals surface area contributed by atoms with Crippen molar-refractivity contribution in [2.75, 3.05) is 6.61 Å². The monoisotopic (exact) mass is 260 g/mol. The lowest BCUT2D eigenvalue weighted by Crippen LogP contribution is -2.40. The highest BCUT2D eigenvalue weighted by Gasteiger charge is 2.30. The molecule has 2 fully saturated rings. The summed E-state index contributed by atoms with van der Waals surface area (Å²) in [6, 6.07) is 8.89. The zero-order valence-electron chi connectivity index (χ0n) is 11.5. The fraction of sp³-hybridized carbons (Fsp3) is 0.625. The lowest BCUT2D eigenvalue weighted by molar-refractivity contribution is -0.00852. The highest BCUT2D eigenvalue weighted by molar-refractivity contribution is 5.35. The first kappa shape index (κ1) is 13.1. The van der Waals surface area contributed by atoms with Gasteiger partial charge in [-0.05, 0) is 49.1 Å². The van der Waals surface area contributed by atoms with Crippen molar-refractivity contribution < 1.29 is 4.74 Å². The van der Waals surface area contributed by atoms with Crippen LogP contribution in [0.15, 0.2) is 24.3 Å². The standard InChI is InChI=1S/C16H24N2O/c17-18-16(15-10-3-4-11-19-15)14-9-2-1-8-13(14)12-6-5-7-12/h1-2,8-9,12,15-16,18H,3-7,10-11,17H2. The summed E-state index contributed by atoms with van der Waals surface area (Å²) >= 11 is 0. The molecule has 0 amide bonds. The molecule has 3 nitrogen and oxygen atoms in total. The molecule has 3 heteroatoms. The van der Waals surface area contributed by atoms with Gasteiger partial charge in [0.25, 0.3) is 0 Å². The maximum Gasteiger partial charge on any atom is 0.0782 e. The summed E-state index contributed by atoms with van der Waals surface area (Å²) in [6.07, 6.45) is 7.75. The van der Waals surface area contributed by atoms with E-state index in [1.54, 1.807) is 0 Å². The molecule has 0 radical (unpaired) electrons. The van der Waals surface area contributed by atoms with Crippen molar-refractivity contribution in [3.63, 3.8) is 0 Å². The van der Waals surface area contributed by atoms with Gasteiger partial charge >= 0.3 is 0 Å². The summed E-state index contributed by atoms with van der Waals surface area (Å²) in [5, 5.41) is 0. The second-order valence-corrected chi connectivity index (χ2v) is 5.81. The van der Waals surface area contributed by atoms with Crippen LogP contribution in [0.5, 0.6) is 0 Å². The third kappa shape index (κ3) is 2.69. The maximum atomic E-state index is 5.93. The van der Waals surface area contributed by atoms with Gasteiger partial charge in [0.1, 0.15) is 0 Å². The third-order valence-electron chi connectivity index (χ3n) is 4.64. The molecular formula is C16H24N2O. The molecule has 1 aromatic rings. The summed E-state index contributed by atoms with van der Waals surface area (Å²) in [4.78, 5) is 0. The molecule has 104 valence electrons. The van der Waals surface area contributed by atoms with Crippen molar-refractivity contribution in [1.82, 2.24) is 5.43 Å². The van der Waals surface area contributed by atoms with Crippen LogP contribution in [-0.4, -0.2) is 12.7 Å². The van der Waals surface area contributed by atoms with Crippen LogP contribution in [0.2, 0.25) is 0 Å². The fourth-order valence-electron chi connectivity index (χ4n) is 3.31. The Hall–Kier alpha value is -0.900. The predicted molar refractivity (Wildman–Crippen MR) is 76.7 cm³/mol. The summed E-state index contributed by atoms with van der Waals surface area (Å²) in [5.41, 5.74) is 5.83. The van der Waals surface area contributed by atoms with Gasteiger partial charge in [-0.25, -0.2) is 0 Å². The minimum atomic E-state index is 0.136. The van der Waals surface area contributed by atoms with Gasteiger partial charge in [0.15, 0.2) is 0 Å². The van der Waals surface area contributed by atoms with E-state index in [0.29, 0.717) is 0 Å². The molecule has 0 aromatic heterocycles. The van der Waals surface area contributed by atoms with Crippen molar-refractivity contribution in [1.29, 1.82) is 0 Å². The lowest BCUT2D eigenvalue weighted by atomic mass is 9.76. The molecule has 2 unspecified atom stereocenters. The van der Waals surface area contributed by atoms with E-state index >= 15 is 0 Å². The van der Waals surface area contributed by atoms with Crippen LogP contribution in [0.1, 0.15) is 61.6 Å². The zero-order valence-corrected chi connectivity index (χ0v) is 11.5. The molecule has 0 bridgehead atoms. The number of hydrogen-bond acceptors (Lipinski definition) is 3. The van der Waals surface area contributed by atoms with E-state index in [0.717, 1.165) is 18.9 Å². The maximum absolute atomic E-state index is 5.93. The third-order valence-corrected chi connectivity index (χ3v) is 4.64. The van der Waals surface area contributed by atoms with Gasteiger partial charge in [-0.2, -0.15) is 0 Å². The van der Waals surface area contributed by atoms with Crippen LogP contribution in [0.25, 0.3) is 0 Å². The minimum absolute atomic E-state index is 0.136. The molecule has 3 rings (SSSR count). The van der Waals surface area contributed by atoms with Crippen LogP contribution in [0.4, 0.5) is 0 Å². The Morgan fingerprint density at radius 1 is 1.11 bits per heavy atom. The Balaban J connectivity index is 1.85. The van der Waals surface area contributed by atoms with Crippen LogP contribution in [0.3, 0.4) is 0 Å². The highest BCUT2D eigenvalue weighted by Crippen LogP contribution is 2.40. The van der Waals surface area contributed by atoms with Gasteiger partial charge < -0.3 is 4.74 Å². The average Bonchev–Trinajstić information content (AvgIpc) is 2.41. The average molecular weight is 260 g/mol. The van der Waals surface area contributed by atoms with E-state index in [-0.39, 0.29) is 12.1 Å². The Labute approximate surface area is 115 Å². The van der Waals surface area contributed by atoms with E-state index in [1.165, 1.54) is 43.2 Å². The largest absolute Gasteiger partial charge is 0.376 e. The molecule has 1 aliphatic carbocycles. The second-order valence-electron chi connectivity index (χ2n) is 5.81. The molecule has 0 spiro atoms. The highest BCUT2D eigenvalue weighted by atomic mass is 16.5. The van der Waals surface area contributed by atoms with Crippen LogP contribution in [0, 0.1) is 0 Å². The molecular weight excluding hydrogens is 236 g/mol. The normalized spacial score (nSPS) is 25.8. The fourth-order valence-corrected chi connectivity index (χ4v) is 3.31. The first-order valence-corrected chi connectivity index (χ1v) is 7.56. The Bertz CT molecular complexity index is 411. The number of hydrazine groups is 1. The number of nitrogens with two attached hydrogens (primary N) is 1. The van der Waals surface area contributed by atoms with E-state index in [9.17, 15) is 0 Å². The molecule has 1 heterocycles. The summed E-state index contributed by atoms with van der Waals surface area (Å²) in [5.74, 6) is 6.57. The first-order chi connectivity index (χ1) is 9.40. The van der Waals surface area contributed by atoms with E-state index < -0.39 is 0 Å². The first-order valence-electron chi connectivity index (χ1n) is 7.56. The molecule has 2 aliphatic rings. The van der Waals surface area contributed by atoms with Crippen molar-refractivity contribution in [3.8, 4) is 0 Å². The molecule has 1 saturated carbocycles. The number of nitrogens with one attached hydrogen (secondary N) is 1. The van der Waals surface area contributed by atoms with Crippen molar-refractivity contribution in [3.05, 3.63) is 35.4 Å². The van der Waals surface area contributed by atoms with Crippen LogP contribution >= 0.6 is 0 Å². The predicted octanol–water partition coefficient (Wildman–Crippen LogP) is 3.03. The van der Waals surface area contributed by atoms with Gasteiger partial charge in [0.2, 0.25) is 0 Å². The minimum Gasteiger partial charge on any atom is -0.376 e. The van der Waals surface area contributed by atoms with Gasteiger partial charge in [-0.3, -0.25) is 11.3 Å². The number of benzene rings is 1. The van der Waals surface area contributed by atoms with Crippen molar-refractivity contribution >= 4 is 0 Å². The van der Waals surface area contributed by atoms with E-state index in [2.05, 4.69) is 29.7 Å². The van der Waals surface area contributed by atoms with Gasteiger partial charge in [0, 0.05) is 6.61 Å². The van der Waals surface area contributed by atoms with Gasteiger partial charge in [0.05, 0.1) is 12.1 Å². The SMILES string of the molecule is NNC(c1ccccc1C1CCC1)C1CCCCO1. The molecule has 1 aromatic carbocycles.